The summed E-state index contributed by atoms with van der Waals surface area (Å²) >= 11 is 0. The topological polar surface area (TPSA) is 103 Å². The predicted octanol–water partition coefficient (Wildman–Crippen LogP) is 2.49. The minimum atomic E-state index is -0.488. The van der Waals surface area contributed by atoms with Crippen LogP contribution in [-0.2, 0) is 17.8 Å². The smallest absolute Gasteiger partial charge is 0.278 e. The van der Waals surface area contributed by atoms with Gasteiger partial charge in [-0.3, -0.25) is 14.4 Å². The van der Waals surface area contributed by atoms with Crippen LogP contribution < -0.4 is 25.2 Å². The van der Waals surface area contributed by atoms with Crippen molar-refractivity contribution in [2.24, 2.45) is 0 Å². The number of hydrogen-bond donors (Lipinski definition) is 1. The minimum absolute atomic E-state index is 0.0390. The molecule has 1 N–H and O–H groups in total. The lowest BCUT2D eigenvalue weighted by atomic mass is 10.1. The SMILES string of the molecule is COc1ccc(NC(=O)Cn2nc(C(=O)N3c4ccccc4CC3C)ccc2=O)c(OC)c1. The number of para-hydroxylation sites is 1. The Hall–Kier alpha value is -4.14. The molecule has 9 heteroatoms. The summed E-state index contributed by atoms with van der Waals surface area (Å²) in [5.41, 5.74) is 1.94. The number of nitrogens with one attached hydrogen (secondary N) is 1. The third-order valence-corrected chi connectivity index (χ3v) is 5.49. The van der Waals surface area contributed by atoms with Crippen LogP contribution in [0, 0.1) is 0 Å². The number of amides is 2. The number of ether oxygens (including phenoxy) is 2. The van der Waals surface area contributed by atoms with Gasteiger partial charge >= 0.3 is 0 Å². The Balaban J connectivity index is 1.54. The molecule has 1 aromatic heterocycles. The molecule has 1 atom stereocenters. The molecule has 2 aromatic carbocycles. The van der Waals surface area contributed by atoms with Gasteiger partial charge in [0.05, 0.1) is 19.9 Å². The van der Waals surface area contributed by atoms with Crippen LogP contribution in [0.5, 0.6) is 11.5 Å². The third-order valence-electron chi connectivity index (χ3n) is 5.49. The Kier molecular flexibility index (Phi) is 6.12. The summed E-state index contributed by atoms with van der Waals surface area (Å²) < 4.78 is 11.4. The van der Waals surface area contributed by atoms with Crippen LogP contribution in [0.3, 0.4) is 0 Å². The first-order chi connectivity index (χ1) is 15.9. The zero-order valence-corrected chi connectivity index (χ0v) is 18.6. The standard InChI is InChI=1S/C24H24N4O5/c1-15-12-16-6-4-5-7-20(16)28(15)24(31)19-10-11-23(30)27(26-19)14-22(29)25-18-9-8-17(32-2)13-21(18)33-3/h4-11,13,15H,12,14H2,1-3H3,(H,25,29). The van der Waals surface area contributed by atoms with E-state index in [1.54, 1.807) is 23.1 Å². The molecule has 170 valence electrons. The monoisotopic (exact) mass is 448 g/mol. The van der Waals surface area contributed by atoms with Crippen LogP contribution in [0.2, 0.25) is 0 Å². The summed E-state index contributed by atoms with van der Waals surface area (Å²) in [6.45, 7) is 1.60. The summed E-state index contributed by atoms with van der Waals surface area (Å²) in [5, 5.41) is 6.87. The van der Waals surface area contributed by atoms with E-state index in [1.165, 1.54) is 26.4 Å². The first-order valence-electron chi connectivity index (χ1n) is 10.4. The van der Waals surface area contributed by atoms with Crippen molar-refractivity contribution in [1.29, 1.82) is 0 Å². The molecule has 33 heavy (non-hydrogen) atoms. The fraction of sp³-hybridized carbons (Fsp3) is 0.250. The zero-order valence-electron chi connectivity index (χ0n) is 18.6. The number of carbonyl (C=O) groups is 2. The fourth-order valence-electron chi connectivity index (χ4n) is 3.90. The van der Waals surface area contributed by atoms with E-state index in [0.29, 0.717) is 17.2 Å². The fourth-order valence-corrected chi connectivity index (χ4v) is 3.90. The number of carbonyl (C=O) groups excluding carboxylic acids is 2. The molecule has 0 saturated carbocycles. The van der Waals surface area contributed by atoms with Gasteiger partial charge in [-0.2, -0.15) is 5.10 Å². The predicted molar refractivity (Wildman–Crippen MR) is 123 cm³/mol. The van der Waals surface area contributed by atoms with E-state index < -0.39 is 11.5 Å². The van der Waals surface area contributed by atoms with Crippen LogP contribution in [0.4, 0.5) is 11.4 Å². The van der Waals surface area contributed by atoms with Gasteiger partial charge in [0, 0.05) is 23.9 Å². The van der Waals surface area contributed by atoms with Crippen LogP contribution in [0.1, 0.15) is 23.0 Å². The second kappa shape index (κ2) is 9.15. The van der Waals surface area contributed by atoms with Crippen molar-refractivity contribution in [2.45, 2.75) is 25.9 Å². The maximum atomic E-state index is 13.2. The number of anilines is 2. The van der Waals surface area contributed by atoms with Crippen molar-refractivity contribution in [3.05, 3.63) is 76.2 Å². The highest BCUT2D eigenvalue weighted by molar-refractivity contribution is 6.06. The lowest BCUT2D eigenvalue weighted by molar-refractivity contribution is -0.117. The molecule has 2 amide bonds. The van der Waals surface area contributed by atoms with E-state index in [0.717, 1.165) is 22.4 Å². The van der Waals surface area contributed by atoms with Gasteiger partial charge in [0.1, 0.15) is 23.7 Å². The van der Waals surface area contributed by atoms with E-state index in [-0.39, 0.29) is 24.2 Å². The second-order valence-electron chi connectivity index (χ2n) is 7.69. The van der Waals surface area contributed by atoms with Gasteiger partial charge in [-0.05, 0) is 43.2 Å². The first kappa shape index (κ1) is 22.1. The average Bonchev–Trinajstić information content (AvgIpc) is 3.15. The Labute approximate surface area is 190 Å². The molecule has 0 spiro atoms. The van der Waals surface area contributed by atoms with Gasteiger partial charge in [-0.15, -0.1) is 0 Å². The van der Waals surface area contributed by atoms with Crippen LogP contribution in [0.15, 0.2) is 59.4 Å². The van der Waals surface area contributed by atoms with Crippen molar-refractivity contribution in [1.82, 2.24) is 9.78 Å². The van der Waals surface area contributed by atoms with Crippen LogP contribution in [0.25, 0.3) is 0 Å². The summed E-state index contributed by atoms with van der Waals surface area (Å²) in [5.74, 6) is 0.177. The van der Waals surface area contributed by atoms with Gasteiger partial charge in [0.25, 0.3) is 11.5 Å². The van der Waals surface area contributed by atoms with Gasteiger partial charge in [0.15, 0.2) is 0 Å². The Morgan fingerprint density at radius 2 is 1.88 bits per heavy atom. The molecule has 0 bridgehead atoms. The number of methoxy groups -OCH3 is 2. The number of rotatable bonds is 6. The molecular formula is C24H24N4O5. The summed E-state index contributed by atoms with van der Waals surface area (Å²) in [7, 11) is 3.00. The average molecular weight is 448 g/mol. The third kappa shape index (κ3) is 4.43. The van der Waals surface area contributed by atoms with Crippen molar-refractivity contribution < 1.29 is 19.1 Å². The summed E-state index contributed by atoms with van der Waals surface area (Å²) in [6, 6.07) is 15.2. The van der Waals surface area contributed by atoms with E-state index in [4.69, 9.17) is 9.47 Å². The Bertz CT molecular complexity index is 1270. The maximum Gasteiger partial charge on any atom is 0.278 e. The molecule has 2 heterocycles. The minimum Gasteiger partial charge on any atom is -0.497 e. The zero-order chi connectivity index (χ0) is 23.5. The van der Waals surface area contributed by atoms with E-state index in [1.807, 2.05) is 31.2 Å². The second-order valence-corrected chi connectivity index (χ2v) is 7.69. The largest absolute Gasteiger partial charge is 0.497 e. The molecule has 0 fully saturated rings. The highest BCUT2D eigenvalue weighted by atomic mass is 16.5. The summed E-state index contributed by atoms with van der Waals surface area (Å²) in [6.07, 6.45) is 0.744. The molecule has 9 nitrogen and oxygen atoms in total. The van der Waals surface area contributed by atoms with Crippen LogP contribution >= 0.6 is 0 Å². The first-order valence-corrected chi connectivity index (χ1v) is 10.4. The molecule has 1 aliphatic rings. The molecule has 0 radical (unpaired) electrons. The molecule has 0 saturated heterocycles. The molecular weight excluding hydrogens is 424 g/mol. The van der Waals surface area contributed by atoms with E-state index in [9.17, 15) is 14.4 Å². The van der Waals surface area contributed by atoms with Gasteiger partial charge in [0.2, 0.25) is 5.91 Å². The highest BCUT2D eigenvalue weighted by Crippen LogP contribution is 2.32. The van der Waals surface area contributed by atoms with Crippen LogP contribution in [-0.4, -0.2) is 41.9 Å². The van der Waals surface area contributed by atoms with Crippen molar-refractivity contribution in [2.75, 3.05) is 24.4 Å². The van der Waals surface area contributed by atoms with E-state index in [2.05, 4.69) is 10.4 Å². The van der Waals surface area contributed by atoms with Gasteiger partial charge in [-0.25, -0.2) is 4.68 Å². The number of aromatic nitrogens is 2. The summed E-state index contributed by atoms with van der Waals surface area (Å²) in [4.78, 5) is 39.8. The molecule has 3 aromatic rings. The van der Waals surface area contributed by atoms with Gasteiger partial charge in [-0.1, -0.05) is 18.2 Å². The van der Waals surface area contributed by atoms with Crippen molar-refractivity contribution in [3.63, 3.8) is 0 Å². The number of fused-ring (bicyclic) bond motifs is 1. The molecule has 1 aliphatic heterocycles. The molecule has 4 rings (SSSR count). The number of benzene rings is 2. The van der Waals surface area contributed by atoms with Crippen molar-refractivity contribution in [3.8, 4) is 11.5 Å². The lowest BCUT2D eigenvalue weighted by Crippen LogP contribution is -2.38. The lowest BCUT2D eigenvalue weighted by Gasteiger charge is -2.22. The molecule has 0 aliphatic carbocycles. The quantitative estimate of drug-likeness (QED) is 0.622. The van der Waals surface area contributed by atoms with Crippen molar-refractivity contribution >= 4 is 23.2 Å². The van der Waals surface area contributed by atoms with E-state index >= 15 is 0 Å². The Morgan fingerprint density at radius 3 is 2.64 bits per heavy atom. The Morgan fingerprint density at radius 1 is 1.09 bits per heavy atom. The molecule has 1 unspecified atom stereocenters. The highest BCUT2D eigenvalue weighted by Gasteiger charge is 2.32. The maximum absolute atomic E-state index is 13.2. The number of nitrogens with zero attached hydrogens (tertiary/aromatic N) is 3. The normalized spacial score (nSPS) is 14.5. The number of hydrogen-bond acceptors (Lipinski definition) is 6. The van der Waals surface area contributed by atoms with Gasteiger partial charge < -0.3 is 19.7 Å².